The molecule has 1 N–H and O–H groups in total. The van der Waals surface area contributed by atoms with E-state index in [1.165, 1.54) is 48.9 Å². The maximum atomic E-state index is 9.46. The van der Waals surface area contributed by atoms with Gasteiger partial charge in [-0.2, -0.15) is 4.57 Å². The highest BCUT2D eigenvalue weighted by molar-refractivity contribution is 7.18. The maximum absolute atomic E-state index is 9.46. The summed E-state index contributed by atoms with van der Waals surface area (Å²) in [5.41, 5.74) is 8.55. The van der Waals surface area contributed by atoms with Crippen LogP contribution >= 0.6 is 11.3 Å². The number of benzene rings is 3. The van der Waals surface area contributed by atoms with Crippen LogP contribution in [0, 0.1) is 6.92 Å². The molecule has 0 bridgehead atoms. The molecule has 1 aromatic heterocycles. The van der Waals surface area contributed by atoms with Crippen LogP contribution in [0.3, 0.4) is 0 Å². The molecular weight excluding hydrogens is 412 g/mol. The summed E-state index contributed by atoms with van der Waals surface area (Å²) in [5.74, 6) is 0. The second-order valence-electron chi connectivity index (χ2n) is 8.21. The number of thiazole rings is 1. The first-order valence-corrected chi connectivity index (χ1v) is 11.8. The highest BCUT2D eigenvalue weighted by Crippen LogP contribution is 2.40. The minimum atomic E-state index is 0.193. The van der Waals surface area contributed by atoms with Crippen molar-refractivity contribution in [3.05, 3.63) is 101 Å². The highest BCUT2D eigenvalue weighted by atomic mass is 32.1. The van der Waals surface area contributed by atoms with Crippen LogP contribution in [0.4, 0.5) is 5.69 Å². The molecule has 0 saturated carbocycles. The monoisotopic (exact) mass is 439 g/mol. The molecule has 4 aromatic rings. The van der Waals surface area contributed by atoms with E-state index >= 15 is 0 Å². The van der Waals surface area contributed by atoms with Gasteiger partial charge in [-0.15, -0.1) is 0 Å². The van der Waals surface area contributed by atoms with Crippen LogP contribution in [0.15, 0.2) is 78.9 Å². The largest absolute Gasteiger partial charge is 0.396 e. The van der Waals surface area contributed by atoms with Crippen molar-refractivity contribution in [1.29, 1.82) is 0 Å². The number of nitrogens with zero attached hydrogens (tertiary/aromatic N) is 2. The third-order valence-corrected chi connectivity index (χ3v) is 7.12. The van der Waals surface area contributed by atoms with Gasteiger partial charge in [0.2, 0.25) is 5.52 Å². The lowest BCUT2D eigenvalue weighted by molar-refractivity contribution is -0.669. The third-order valence-electron chi connectivity index (χ3n) is 6.00. The molecule has 2 heterocycles. The zero-order chi connectivity index (χ0) is 22.1. The number of anilines is 1. The lowest BCUT2D eigenvalue weighted by atomic mass is 9.93. The number of para-hydroxylation sites is 1. The van der Waals surface area contributed by atoms with Gasteiger partial charge in [-0.25, -0.2) is 0 Å². The molecule has 3 nitrogen and oxygen atoms in total. The molecule has 3 aromatic carbocycles. The number of fused-ring (bicyclic) bond motifs is 2. The van der Waals surface area contributed by atoms with E-state index in [9.17, 15) is 5.11 Å². The lowest BCUT2D eigenvalue weighted by Gasteiger charge is -2.30. The van der Waals surface area contributed by atoms with Gasteiger partial charge in [-0.1, -0.05) is 65.4 Å². The SMILES string of the molecule is Cc1ccc2c(c1)/C(=C/c1sc3ccccc3[n+]1CCCO)C=C(c1ccccc1)N2C. The van der Waals surface area contributed by atoms with Gasteiger partial charge in [-0.05, 0) is 42.3 Å². The molecule has 0 atom stereocenters. The predicted octanol–water partition coefficient (Wildman–Crippen LogP) is 5.91. The Bertz CT molecular complexity index is 1330. The summed E-state index contributed by atoms with van der Waals surface area (Å²) in [6.07, 6.45) is 5.36. The second-order valence-corrected chi connectivity index (χ2v) is 9.27. The van der Waals surface area contributed by atoms with E-state index in [-0.39, 0.29) is 6.61 Å². The van der Waals surface area contributed by atoms with Crippen molar-refractivity contribution in [2.75, 3.05) is 18.6 Å². The molecule has 1 aliphatic heterocycles. The summed E-state index contributed by atoms with van der Waals surface area (Å²) in [5, 5.41) is 10.7. The first kappa shape index (κ1) is 20.7. The molecule has 32 heavy (non-hydrogen) atoms. The number of rotatable bonds is 5. The van der Waals surface area contributed by atoms with E-state index in [2.05, 4.69) is 108 Å². The van der Waals surface area contributed by atoms with Crippen LogP contribution < -0.4 is 9.47 Å². The number of aliphatic hydroxyl groups is 1. The second kappa shape index (κ2) is 8.73. The molecule has 4 heteroatoms. The molecule has 0 spiro atoms. The van der Waals surface area contributed by atoms with E-state index < -0.39 is 0 Å². The third kappa shape index (κ3) is 3.77. The van der Waals surface area contributed by atoms with Gasteiger partial charge in [0.1, 0.15) is 4.70 Å². The minimum Gasteiger partial charge on any atom is -0.396 e. The van der Waals surface area contributed by atoms with Gasteiger partial charge in [0.05, 0.1) is 0 Å². The number of aryl methyl sites for hydroxylation is 2. The van der Waals surface area contributed by atoms with Gasteiger partial charge < -0.3 is 10.0 Å². The summed E-state index contributed by atoms with van der Waals surface area (Å²) in [6, 6.07) is 25.8. The molecule has 1 aliphatic rings. The summed E-state index contributed by atoms with van der Waals surface area (Å²) >= 11 is 1.81. The van der Waals surface area contributed by atoms with Gasteiger partial charge in [-0.3, -0.25) is 0 Å². The number of allylic oxidation sites excluding steroid dienone is 2. The Hall–Kier alpha value is -3.21. The Morgan fingerprint density at radius 1 is 1.00 bits per heavy atom. The van der Waals surface area contributed by atoms with E-state index in [1.54, 1.807) is 11.3 Å². The number of hydrogen-bond acceptors (Lipinski definition) is 3. The maximum Gasteiger partial charge on any atom is 0.263 e. The number of hydrogen-bond donors (Lipinski definition) is 1. The van der Waals surface area contributed by atoms with Crippen LogP contribution in [-0.2, 0) is 6.54 Å². The number of aliphatic hydroxyl groups excluding tert-OH is 1. The zero-order valence-corrected chi connectivity index (χ0v) is 19.3. The topological polar surface area (TPSA) is 27.4 Å². The fourth-order valence-electron chi connectivity index (χ4n) is 4.38. The van der Waals surface area contributed by atoms with Gasteiger partial charge in [0.25, 0.3) is 5.01 Å². The van der Waals surface area contributed by atoms with Crippen LogP contribution in [-0.4, -0.2) is 18.8 Å². The van der Waals surface area contributed by atoms with E-state index in [0.717, 1.165) is 13.0 Å². The minimum absolute atomic E-state index is 0.193. The van der Waals surface area contributed by atoms with Crippen molar-refractivity contribution >= 4 is 44.6 Å². The van der Waals surface area contributed by atoms with Gasteiger partial charge >= 0.3 is 0 Å². The van der Waals surface area contributed by atoms with E-state index in [1.807, 2.05) is 0 Å². The van der Waals surface area contributed by atoms with Crippen molar-refractivity contribution < 1.29 is 9.67 Å². The molecule has 160 valence electrons. The molecule has 0 unspecified atom stereocenters. The molecule has 0 amide bonds. The van der Waals surface area contributed by atoms with Crippen LogP contribution in [0.1, 0.15) is 28.1 Å². The van der Waals surface area contributed by atoms with Crippen molar-refractivity contribution in [1.82, 2.24) is 0 Å². The quantitative estimate of drug-likeness (QED) is 0.391. The summed E-state index contributed by atoms with van der Waals surface area (Å²) in [4.78, 5) is 2.28. The Morgan fingerprint density at radius 3 is 2.59 bits per heavy atom. The summed E-state index contributed by atoms with van der Waals surface area (Å²) < 4.78 is 3.61. The zero-order valence-electron chi connectivity index (χ0n) is 18.5. The van der Waals surface area contributed by atoms with Gasteiger partial charge in [0, 0.05) is 49.2 Å². The normalized spacial score (nSPS) is 14.7. The van der Waals surface area contributed by atoms with E-state index in [4.69, 9.17) is 0 Å². The Kier molecular flexibility index (Phi) is 5.64. The van der Waals surface area contributed by atoms with Crippen molar-refractivity contribution in [3.8, 4) is 0 Å². The van der Waals surface area contributed by atoms with Crippen LogP contribution in [0.5, 0.6) is 0 Å². The molecule has 5 rings (SSSR count). The highest BCUT2D eigenvalue weighted by Gasteiger charge is 2.24. The smallest absolute Gasteiger partial charge is 0.263 e. The Labute approximate surface area is 193 Å². The van der Waals surface area contributed by atoms with Crippen molar-refractivity contribution in [3.63, 3.8) is 0 Å². The first-order chi connectivity index (χ1) is 15.7. The Morgan fingerprint density at radius 2 is 1.78 bits per heavy atom. The summed E-state index contributed by atoms with van der Waals surface area (Å²) in [6.45, 7) is 3.14. The van der Waals surface area contributed by atoms with E-state index in [0.29, 0.717) is 0 Å². The molecule has 0 saturated heterocycles. The molecule has 0 radical (unpaired) electrons. The molecule has 0 aliphatic carbocycles. The fraction of sp³-hybridized carbons (Fsp3) is 0.179. The van der Waals surface area contributed by atoms with Crippen molar-refractivity contribution in [2.45, 2.75) is 19.9 Å². The van der Waals surface area contributed by atoms with Crippen molar-refractivity contribution in [2.24, 2.45) is 0 Å². The van der Waals surface area contributed by atoms with Gasteiger partial charge in [0.15, 0.2) is 6.54 Å². The fourth-order valence-corrected chi connectivity index (χ4v) is 5.52. The molecule has 0 fully saturated rings. The predicted molar refractivity (Wildman–Crippen MR) is 136 cm³/mol. The van der Waals surface area contributed by atoms with Crippen LogP contribution in [0.25, 0.3) is 27.6 Å². The first-order valence-electron chi connectivity index (χ1n) is 11.0. The Balaban J connectivity index is 1.72. The summed E-state index contributed by atoms with van der Waals surface area (Å²) in [7, 11) is 2.14. The lowest BCUT2D eigenvalue weighted by Crippen LogP contribution is -2.35. The average molecular weight is 440 g/mol. The molecular formula is C28H27N2OS+. The average Bonchev–Trinajstić information content (AvgIpc) is 3.17. The van der Waals surface area contributed by atoms with Crippen LogP contribution in [0.2, 0.25) is 0 Å². The number of aromatic nitrogens is 1. The standard InChI is InChI=1S/C28H27N2OS/c1-20-13-14-24-23(17-20)22(18-26(29(24)2)21-9-4-3-5-10-21)19-28-30(15-8-16-31)25-11-6-7-12-27(25)32-28/h3-7,9-14,17-19,31H,8,15-16H2,1-2H3/q+1.